The summed E-state index contributed by atoms with van der Waals surface area (Å²) >= 11 is 0. The standard InChI is InChI=1S/C13H18N4O4/c1-8-3-9(11(18)19)7-17(6-8)13(20)16-12-14-4-10(21-2)5-15-12/h4-5,8-9H,3,6-7H2,1-2H3,(H,18,19)(H,14,15,16,20). The Morgan fingerprint density at radius 2 is 2.05 bits per heavy atom. The lowest BCUT2D eigenvalue weighted by molar-refractivity contribution is -0.143. The van der Waals surface area contributed by atoms with Gasteiger partial charge in [0, 0.05) is 13.1 Å². The summed E-state index contributed by atoms with van der Waals surface area (Å²) in [6.45, 7) is 2.65. The van der Waals surface area contributed by atoms with Gasteiger partial charge in [-0.1, -0.05) is 6.92 Å². The van der Waals surface area contributed by atoms with E-state index in [4.69, 9.17) is 9.84 Å². The molecule has 0 bridgehead atoms. The van der Waals surface area contributed by atoms with E-state index in [2.05, 4.69) is 15.3 Å². The second-order valence-electron chi connectivity index (χ2n) is 5.16. The number of aliphatic carboxylic acids is 1. The highest BCUT2D eigenvalue weighted by atomic mass is 16.5. The van der Waals surface area contributed by atoms with Crippen LogP contribution in [0.2, 0.25) is 0 Å². The molecule has 1 aliphatic rings. The first kappa shape index (κ1) is 15.0. The Morgan fingerprint density at radius 1 is 1.38 bits per heavy atom. The highest BCUT2D eigenvalue weighted by Gasteiger charge is 2.32. The van der Waals surface area contributed by atoms with Crippen molar-refractivity contribution in [3.63, 3.8) is 0 Å². The summed E-state index contributed by atoms with van der Waals surface area (Å²) < 4.78 is 4.93. The number of carbonyl (C=O) groups is 2. The van der Waals surface area contributed by atoms with Crippen molar-refractivity contribution in [2.75, 3.05) is 25.5 Å². The van der Waals surface area contributed by atoms with Crippen LogP contribution in [-0.4, -0.2) is 52.2 Å². The molecule has 1 fully saturated rings. The summed E-state index contributed by atoms with van der Waals surface area (Å²) in [7, 11) is 1.50. The quantitative estimate of drug-likeness (QED) is 0.863. The van der Waals surface area contributed by atoms with Gasteiger partial charge in [-0.05, 0) is 12.3 Å². The van der Waals surface area contributed by atoms with Gasteiger partial charge < -0.3 is 14.7 Å². The monoisotopic (exact) mass is 294 g/mol. The molecule has 2 unspecified atom stereocenters. The summed E-state index contributed by atoms with van der Waals surface area (Å²) in [4.78, 5) is 32.6. The number of anilines is 1. The number of carboxylic acids is 1. The lowest BCUT2D eigenvalue weighted by Gasteiger charge is -2.34. The van der Waals surface area contributed by atoms with Crippen LogP contribution in [-0.2, 0) is 4.79 Å². The molecule has 2 atom stereocenters. The number of amides is 2. The van der Waals surface area contributed by atoms with Gasteiger partial charge in [0.05, 0.1) is 25.4 Å². The molecule has 2 heterocycles. The van der Waals surface area contributed by atoms with Gasteiger partial charge in [0.25, 0.3) is 0 Å². The molecule has 2 amide bonds. The molecular weight excluding hydrogens is 276 g/mol. The van der Waals surface area contributed by atoms with Crippen LogP contribution in [0.3, 0.4) is 0 Å². The second-order valence-corrected chi connectivity index (χ2v) is 5.16. The molecule has 0 saturated carbocycles. The molecule has 114 valence electrons. The van der Waals surface area contributed by atoms with E-state index in [9.17, 15) is 9.59 Å². The number of nitrogens with one attached hydrogen (secondary N) is 1. The van der Waals surface area contributed by atoms with Gasteiger partial charge in [-0.15, -0.1) is 0 Å². The van der Waals surface area contributed by atoms with Crippen molar-refractivity contribution < 1.29 is 19.4 Å². The van der Waals surface area contributed by atoms with E-state index in [0.29, 0.717) is 18.7 Å². The third kappa shape index (κ3) is 3.80. The van der Waals surface area contributed by atoms with Crippen LogP contribution in [0.4, 0.5) is 10.7 Å². The number of piperidine rings is 1. The molecule has 1 aromatic heterocycles. The van der Waals surface area contributed by atoms with Gasteiger partial charge in [0.2, 0.25) is 5.95 Å². The molecule has 1 aliphatic heterocycles. The summed E-state index contributed by atoms with van der Waals surface area (Å²) in [6.07, 6.45) is 3.47. The normalized spacial score (nSPS) is 21.7. The van der Waals surface area contributed by atoms with Crippen molar-refractivity contribution in [3.05, 3.63) is 12.4 Å². The minimum Gasteiger partial charge on any atom is -0.494 e. The molecule has 2 N–H and O–H groups in total. The Labute approximate surface area is 122 Å². The summed E-state index contributed by atoms with van der Waals surface area (Å²) in [6, 6.07) is -0.391. The molecule has 8 nitrogen and oxygen atoms in total. The Bertz CT molecular complexity index is 519. The Kier molecular flexibility index (Phi) is 4.56. The van der Waals surface area contributed by atoms with Crippen molar-refractivity contribution in [1.82, 2.24) is 14.9 Å². The molecule has 8 heteroatoms. The van der Waals surface area contributed by atoms with Crippen LogP contribution >= 0.6 is 0 Å². The fourth-order valence-electron chi connectivity index (χ4n) is 2.36. The van der Waals surface area contributed by atoms with E-state index in [0.717, 1.165) is 0 Å². The Balaban J connectivity index is 1.99. The van der Waals surface area contributed by atoms with Crippen LogP contribution < -0.4 is 10.1 Å². The summed E-state index contributed by atoms with van der Waals surface area (Å²) in [5, 5.41) is 11.7. The molecule has 0 radical (unpaired) electrons. The van der Waals surface area contributed by atoms with Gasteiger partial charge in [-0.25, -0.2) is 14.8 Å². The zero-order valence-corrected chi connectivity index (χ0v) is 11.9. The van der Waals surface area contributed by atoms with Crippen LogP contribution in [0.1, 0.15) is 13.3 Å². The lowest BCUT2D eigenvalue weighted by atomic mass is 9.91. The molecule has 0 spiro atoms. The van der Waals surface area contributed by atoms with Gasteiger partial charge in [-0.3, -0.25) is 10.1 Å². The highest BCUT2D eigenvalue weighted by Crippen LogP contribution is 2.22. The van der Waals surface area contributed by atoms with Crippen LogP contribution in [0.5, 0.6) is 5.75 Å². The van der Waals surface area contributed by atoms with Crippen molar-refractivity contribution in [2.24, 2.45) is 11.8 Å². The predicted octanol–water partition coefficient (Wildman–Crippen LogP) is 1.06. The fourth-order valence-corrected chi connectivity index (χ4v) is 2.36. The maximum Gasteiger partial charge on any atom is 0.324 e. The number of carboxylic acid groups (broad SMARTS) is 1. The van der Waals surface area contributed by atoms with Crippen molar-refractivity contribution >= 4 is 17.9 Å². The number of hydrogen-bond acceptors (Lipinski definition) is 5. The molecule has 0 aliphatic carbocycles. The zero-order chi connectivity index (χ0) is 15.4. The summed E-state index contributed by atoms with van der Waals surface area (Å²) in [5.41, 5.74) is 0. The molecule has 0 aromatic carbocycles. The van der Waals surface area contributed by atoms with E-state index < -0.39 is 17.9 Å². The third-order valence-corrected chi connectivity index (χ3v) is 3.38. The molecule has 1 aromatic rings. The van der Waals surface area contributed by atoms with E-state index in [1.54, 1.807) is 0 Å². The Morgan fingerprint density at radius 3 is 2.62 bits per heavy atom. The Hall–Kier alpha value is -2.38. The number of aromatic nitrogens is 2. The minimum absolute atomic E-state index is 0.141. The SMILES string of the molecule is COc1cnc(NC(=O)N2CC(C)CC(C(=O)O)C2)nc1. The first-order valence-electron chi connectivity index (χ1n) is 6.64. The number of urea groups is 1. The third-order valence-electron chi connectivity index (χ3n) is 3.38. The number of carbonyl (C=O) groups excluding carboxylic acids is 1. The minimum atomic E-state index is -0.875. The van der Waals surface area contributed by atoms with E-state index >= 15 is 0 Å². The first-order chi connectivity index (χ1) is 9.99. The fraction of sp³-hybridized carbons (Fsp3) is 0.538. The molecule has 1 saturated heterocycles. The highest BCUT2D eigenvalue weighted by molar-refractivity contribution is 5.88. The average Bonchev–Trinajstić information content (AvgIpc) is 2.47. The predicted molar refractivity (Wildman–Crippen MR) is 74.1 cm³/mol. The van der Waals surface area contributed by atoms with Crippen molar-refractivity contribution in [1.29, 1.82) is 0 Å². The smallest absolute Gasteiger partial charge is 0.324 e. The number of hydrogen-bond donors (Lipinski definition) is 2. The van der Waals surface area contributed by atoms with E-state index in [-0.39, 0.29) is 18.4 Å². The molecule has 21 heavy (non-hydrogen) atoms. The van der Waals surface area contributed by atoms with Gasteiger partial charge >= 0.3 is 12.0 Å². The molecular formula is C13H18N4O4. The topological polar surface area (TPSA) is 105 Å². The average molecular weight is 294 g/mol. The van der Waals surface area contributed by atoms with Crippen LogP contribution in [0.15, 0.2) is 12.4 Å². The van der Waals surface area contributed by atoms with Crippen molar-refractivity contribution in [3.8, 4) is 5.75 Å². The van der Waals surface area contributed by atoms with Crippen molar-refractivity contribution in [2.45, 2.75) is 13.3 Å². The molecule has 2 rings (SSSR count). The number of ether oxygens (including phenoxy) is 1. The first-order valence-corrected chi connectivity index (χ1v) is 6.64. The van der Waals surface area contributed by atoms with Gasteiger partial charge in [-0.2, -0.15) is 0 Å². The second kappa shape index (κ2) is 6.38. The largest absolute Gasteiger partial charge is 0.494 e. The number of nitrogens with zero attached hydrogens (tertiary/aromatic N) is 3. The van der Waals surface area contributed by atoms with Gasteiger partial charge in [0.15, 0.2) is 5.75 Å². The van der Waals surface area contributed by atoms with E-state index in [1.807, 2.05) is 6.92 Å². The maximum atomic E-state index is 12.1. The van der Waals surface area contributed by atoms with Crippen LogP contribution in [0.25, 0.3) is 0 Å². The number of methoxy groups -OCH3 is 1. The summed E-state index contributed by atoms with van der Waals surface area (Å²) in [5.74, 6) is -0.616. The van der Waals surface area contributed by atoms with Crippen LogP contribution in [0, 0.1) is 11.8 Å². The number of likely N-dealkylation sites (tertiary alicyclic amines) is 1. The maximum absolute atomic E-state index is 12.1. The zero-order valence-electron chi connectivity index (χ0n) is 11.9. The van der Waals surface area contributed by atoms with E-state index in [1.165, 1.54) is 24.4 Å². The van der Waals surface area contributed by atoms with Gasteiger partial charge in [0.1, 0.15) is 0 Å². The number of rotatable bonds is 3. The lowest BCUT2D eigenvalue weighted by Crippen LogP contribution is -2.47.